The van der Waals surface area contributed by atoms with Crippen LogP contribution < -0.4 is 10.1 Å². The van der Waals surface area contributed by atoms with Crippen molar-refractivity contribution in [2.45, 2.75) is 12.3 Å². The van der Waals surface area contributed by atoms with Crippen molar-refractivity contribution in [1.29, 1.82) is 0 Å². The summed E-state index contributed by atoms with van der Waals surface area (Å²) in [5.74, 6) is 0.707. The number of carbonyl (C=O) groups excluding carboxylic acids is 1. The first-order valence-electron chi connectivity index (χ1n) is 4.75. The maximum atomic E-state index is 11.8. The lowest BCUT2D eigenvalue weighted by atomic mass is 9.84. The van der Waals surface area contributed by atoms with Crippen molar-refractivity contribution < 1.29 is 9.53 Å². The lowest BCUT2D eigenvalue weighted by molar-refractivity contribution is -0.118. The molecule has 0 spiro atoms. The Morgan fingerprint density at radius 1 is 1.53 bits per heavy atom. The van der Waals surface area contributed by atoms with E-state index in [4.69, 9.17) is 4.74 Å². The van der Waals surface area contributed by atoms with Crippen molar-refractivity contribution in [3.63, 3.8) is 0 Å². The highest BCUT2D eigenvalue weighted by atomic mass is 16.5. The second kappa shape index (κ2) is 3.12. The van der Waals surface area contributed by atoms with Crippen LogP contribution in [0.2, 0.25) is 0 Å². The average molecular weight is 203 g/mol. The smallest absolute Gasteiger partial charge is 0.238 e. The predicted molar refractivity (Wildman–Crippen MR) is 59.2 cm³/mol. The summed E-state index contributed by atoms with van der Waals surface area (Å²) in [6.45, 7) is 5.57. The van der Waals surface area contributed by atoms with Gasteiger partial charge >= 0.3 is 0 Å². The Balaban J connectivity index is 2.60. The molecule has 3 nitrogen and oxygen atoms in total. The number of benzene rings is 1. The van der Waals surface area contributed by atoms with Gasteiger partial charge in [-0.3, -0.25) is 4.79 Å². The van der Waals surface area contributed by atoms with Gasteiger partial charge in [-0.15, -0.1) is 6.58 Å². The Hall–Kier alpha value is -1.77. The first-order valence-corrected chi connectivity index (χ1v) is 4.75. The van der Waals surface area contributed by atoms with Crippen LogP contribution in [0.3, 0.4) is 0 Å². The monoisotopic (exact) mass is 203 g/mol. The molecular formula is C12H13NO2. The maximum absolute atomic E-state index is 11.8. The number of methoxy groups -OCH3 is 1. The van der Waals surface area contributed by atoms with E-state index in [9.17, 15) is 4.79 Å². The molecule has 1 heterocycles. The summed E-state index contributed by atoms with van der Waals surface area (Å²) in [6.07, 6.45) is 1.66. The van der Waals surface area contributed by atoms with Crippen LogP contribution >= 0.6 is 0 Å². The third kappa shape index (κ3) is 1.23. The van der Waals surface area contributed by atoms with Crippen LogP contribution in [0.15, 0.2) is 30.9 Å². The number of carbonyl (C=O) groups is 1. The highest BCUT2D eigenvalue weighted by molar-refractivity contribution is 6.07. The molecule has 1 aromatic carbocycles. The van der Waals surface area contributed by atoms with Gasteiger partial charge in [0, 0.05) is 5.69 Å². The summed E-state index contributed by atoms with van der Waals surface area (Å²) in [7, 11) is 1.61. The molecule has 0 aliphatic carbocycles. The zero-order chi connectivity index (χ0) is 11.1. The molecule has 1 N–H and O–H groups in total. The van der Waals surface area contributed by atoms with Gasteiger partial charge in [-0.05, 0) is 30.7 Å². The molecule has 0 bridgehead atoms. The van der Waals surface area contributed by atoms with Crippen molar-refractivity contribution in [2.24, 2.45) is 0 Å². The zero-order valence-electron chi connectivity index (χ0n) is 8.83. The Morgan fingerprint density at radius 3 is 2.87 bits per heavy atom. The fourth-order valence-corrected chi connectivity index (χ4v) is 1.77. The van der Waals surface area contributed by atoms with Gasteiger partial charge in [-0.1, -0.05) is 6.08 Å². The van der Waals surface area contributed by atoms with Crippen molar-refractivity contribution in [2.75, 3.05) is 12.4 Å². The summed E-state index contributed by atoms with van der Waals surface area (Å²) >= 11 is 0. The number of anilines is 1. The predicted octanol–water partition coefficient (Wildman–Crippen LogP) is 2.09. The van der Waals surface area contributed by atoms with Gasteiger partial charge in [0.05, 0.1) is 12.5 Å². The van der Waals surface area contributed by atoms with Crippen LogP contribution in [-0.4, -0.2) is 13.0 Å². The third-order valence-corrected chi connectivity index (χ3v) is 2.91. The average Bonchev–Trinajstić information content (AvgIpc) is 2.52. The van der Waals surface area contributed by atoms with Crippen LogP contribution in [0.1, 0.15) is 12.5 Å². The minimum absolute atomic E-state index is 0.0410. The Bertz CT molecular complexity index is 439. The molecule has 1 aliphatic rings. The molecule has 1 aromatic rings. The number of amides is 1. The number of nitrogens with one attached hydrogen (secondary N) is 1. The van der Waals surface area contributed by atoms with Gasteiger partial charge < -0.3 is 10.1 Å². The van der Waals surface area contributed by atoms with E-state index in [0.717, 1.165) is 17.0 Å². The quantitative estimate of drug-likeness (QED) is 0.747. The van der Waals surface area contributed by atoms with Crippen molar-refractivity contribution in [3.8, 4) is 5.75 Å². The number of hydrogen-bond donors (Lipinski definition) is 1. The number of fused-ring (bicyclic) bond motifs is 1. The molecule has 0 saturated heterocycles. The second-order valence-electron chi connectivity index (χ2n) is 3.77. The first-order chi connectivity index (χ1) is 7.11. The lowest BCUT2D eigenvalue weighted by Crippen LogP contribution is -2.28. The van der Waals surface area contributed by atoms with E-state index in [0.29, 0.717) is 0 Å². The Kier molecular flexibility index (Phi) is 2.03. The van der Waals surface area contributed by atoms with Gasteiger partial charge in [0.15, 0.2) is 0 Å². The molecule has 1 unspecified atom stereocenters. The molecular weight excluding hydrogens is 190 g/mol. The number of ether oxygens (including phenoxy) is 1. The molecule has 1 atom stereocenters. The molecule has 1 amide bonds. The fourth-order valence-electron chi connectivity index (χ4n) is 1.77. The van der Waals surface area contributed by atoms with E-state index in [-0.39, 0.29) is 5.91 Å². The first kappa shape index (κ1) is 9.77. The minimum Gasteiger partial charge on any atom is -0.497 e. The summed E-state index contributed by atoms with van der Waals surface area (Å²) in [5, 5.41) is 2.82. The van der Waals surface area contributed by atoms with Crippen molar-refractivity contribution in [3.05, 3.63) is 36.4 Å². The van der Waals surface area contributed by atoms with Gasteiger partial charge in [-0.2, -0.15) is 0 Å². The van der Waals surface area contributed by atoms with Crippen molar-refractivity contribution in [1.82, 2.24) is 0 Å². The second-order valence-corrected chi connectivity index (χ2v) is 3.77. The fraction of sp³-hybridized carbons (Fsp3) is 0.250. The molecule has 0 radical (unpaired) electrons. The van der Waals surface area contributed by atoms with Gasteiger partial charge in [0.1, 0.15) is 5.75 Å². The molecule has 2 rings (SSSR count). The summed E-state index contributed by atoms with van der Waals surface area (Å²) in [5.41, 5.74) is 1.11. The van der Waals surface area contributed by atoms with E-state index in [1.54, 1.807) is 13.2 Å². The highest BCUT2D eigenvalue weighted by Crippen LogP contribution is 2.40. The Labute approximate surface area is 88.8 Å². The summed E-state index contributed by atoms with van der Waals surface area (Å²) in [4.78, 5) is 11.8. The largest absolute Gasteiger partial charge is 0.497 e. The summed E-state index contributed by atoms with van der Waals surface area (Å²) < 4.78 is 5.14. The molecule has 3 heteroatoms. The van der Waals surface area contributed by atoms with Gasteiger partial charge in [0.25, 0.3) is 0 Å². The lowest BCUT2D eigenvalue weighted by Gasteiger charge is -2.16. The van der Waals surface area contributed by atoms with E-state index in [1.807, 2.05) is 25.1 Å². The van der Waals surface area contributed by atoms with E-state index in [2.05, 4.69) is 11.9 Å². The Morgan fingerprint density at radius 2 is 2.27 bits per heavy atom. The van der Waals surface area contributed by atoms with Gasteiger partial charge in [-0.25, -0.2) is 0 Å². The van der Waals surface area contributed by atoms with Crippen molar-refractivity contribution >= 4 is 11.6 Å². The number of hydrogen-bond acceptors (Lipinski definition) is 2. The van der Waals surface area contributed by atoms with E-state index in [1.165, 1.54) is 0 Å². The van der Waals surface area contributed by atoms with E-state index >= 15 is 0 Å². The van der Waals surface area contributed by atoms with E-state index < -0.39 is 5.41 Å². The molecule has 1 aliphatic heterocycles. The highest BCUT2D eigenvalue weighted by Gasteiger charge is 2.40. The molecule has 0 fully saturated rings. The van der Waals surface area contributed by atoms with Crippen LogP contribution in [0.25, 0.3) is 0 Å². The maximum Gasteiger partial charge on any atom is 0.238 e. The number of rotatable bonds is 2. The van der Waals surface area contributed by atoms with Crippen LogP contribution in [0, 0.1) is 0 Å². The van der Waals surface area contributed by atoms with Crippen LogP contribution in [0.5, 0.6) is 5.75 Å². The van der Waals surface area contributed by atoms with Crippen LogP contribution in [-0.2, 0) is 10.2 Å². The normalized spacial score (nSPS) is 23.2. The zero-order valence-corrected chi connectivity index (χ0v) is 8.83. The summed E-state index contributed by atoms with van der Waals surface area (Å²) in [6, 6.07) is 5.55. The molecule has 78 valence electrons. The molecule has 0 saturated carbocycles. The molecule has 15 heavy (non-hydrogen) atoms. The topological polar surface area (TPSA) is 38.3 Å². The third-order valence-electron chi connectivity index (χ3n) is 2.91. The molecule has 0 aromatic heterocycles. The van der Waals surface area contributed by atoms with Gasteiger partial charge in [0.2, 0.25) is 5.91 Å². The standard InChI is InChI=1S/C12H13NO2/c1-4-12(2)9-7-8(15-3)5-6-10(9)13-11(12)14/h4-7H,1H2,2-3H3,(H,13,14). The minimum atomic E-state index is -0.649. The SMILES string of the molecule is C=CC1(C)C(=O)Nc2ccc(OC)cc21. The van der Waals surface area contributed by atoms with Crippen LogP contribution in [0.4, 0.5) is 5.69 Å².